The fourth-order valence-corrected chi connectivity index (χ4v) is 2.88. The molecule has 28 heavy (non-hydrogen) atoms. The summed E-state index contributed by atoms with van der Waals surface area (Å²) in [6, 6.07) is 11.6. The van der Waals surface area contributed by atoms with Crippen LogP contribution in [0, 0.1) is 11.6 Å². The van der Waals surface area contributed by atoms with Crippen LogP contribution in [-0.4, -0.2) is 22.2 Å². The topological polar surface area (TPSA) is 59.4 Å². The lowest BCUT2D eigenvalue weighted by Gasteiger charge is -2.13. The van der Waals surface area contributed by atoms with Crippen molar-refractivity contribution in [3.05, 3.63) is 83.2 Å². The summed E-state index contributed by atoms with van der Waals surface area (Å²) in [4.78, 5) is 15.3. The zero-order chi connectivity index (χ0) is 20.3. The van der Waals surface area contributed by atoms with Crippen molar-refractivity contribution in [2.24, 2.45) is 0 Å². The van der Waals surface area contributed by atoms with Gasteiger partial charge in [0.25, 0.3) is 0 Å². The van der Waals surface area contributed by atoms with Gasteiger partial charge in [-0.2, -0.15) is 0 Å². The molecule has 0 aliphatic rings. The summed E-state index contributed by atoms with van der Waals surface area (Å²) in [5.74, 6) is -1.67. The molecule has 0 unspecified atom stereocenters. The Morgan fingerprint density at radius 2 is 1.89 bits per heavy atom. The Balaban J connectivity index is 1.93. The van der Waals surface area contributed by atoms with Gasteiger partial charge >= 0.3 is 5.97 Å². The number of aromatic nitrogens is 1. The highest BCUT2D eigenvalue weighted by Gasteiger charge is 2.15. The first-order chi connectivity index (χ1) is 13.3. The molecule has 0 amide bonds. The third kappa shape index (κ3) is 4.34. The highest BCUT2D eigenvalue weighted by atomic mass is 19.1. The molecule has 0 atom stereocenters. The van der Waals surface area contributed by atoms with E-state index in [-0.39, 0.29) is 34.9 Å². The van der Waals surface area contributed by atoms with Crippen molar-refractivity contribution in [1.82, 2.24) is 4.98 Å². The molecule has 6 heteroatoms. The number of hydrogen-bond acceptors (Lipinski definition) is 3. The van der Waals surface area contributed by atoms with E-state index in [1.807, 2.05) is 13.8 Å². The normalized spacial score (nSPS) is 10.9. The summed E-state index contributed by atoms with van der Waals surface area (Å²) in [5, 5.41) is 9.24. The van der Waals surface area contributed by atoms with Crippen LogP contribution in [0.15, 0.2) is 54.7 Å². The van der Waals surface area contributed by atoms with Gasteiger partial charge in [0.2, 0.25) is 0 Å². The van der Waals surface area contributed by atoms with Crippen molar-refractivity contribution in [1.29, 1.82) is 0 Å². The lowest BCUT2D eigenvalue weighted by Crippen LogP contribution is -2.06. The van der Waals surface area contributed by atoms with Crippen molar-refractivity contribution >= 4 is 5.97 Å². The third-order valence-corrected chi connectivity index (χ3v) is 4.15. The summed E-state index contributed by atoms with van der Waals surface area (Å²) >= 11 is 0. The first-order valence-electron chi connectivity index (χ1n) is 8.77. The maximum atomic E-state index is 14.7. The van der Waals surface area contributed by atoms with Gasteiger partial charge in [0.05, 0.1) is 17.4 Å². The average Bonchev–Trinajstić information content (AvgIpc) is 2.65. The number of carboxylic acid groups (broad SMARTS) is 1. The summed E-state index contributed by atoms with van der Waals surface area (Å²) in [6.45, 7) is 3.72. The zero-order valence-electron chi connectivity index (χ0n) is 15.4. The predicted molar refractivity (Wildman–Crippen MR) is 102 cm³/mol. The van der Waals surface area contributed by atoms with Gasteiger partial charge in [0.15, 0.2) is 0 Å². The van der Waals surface area contributed by atoms with E-state index in [1.165, 1.54) is 48.7 Å². The standard InChI is InChI=1S/C22H19F2NO3/c1-13(2)28-16-7-8-19(23)18(12-16)14-5-6-15(20(24)10-14)11-21-17(22(26)27)4-3-9-25-21/h3-10,12-13H,11H2,1-2H3,(H,26,27). The minimum Gasteiger partial charge on any atom is -0.491 e. The van der Waals surface area contributed by atoms with E-state index in [0.717, 1.165) is 0 Å². The van der Waals surface area contributed by atoms with Gasteiger partial charge in [0, 0.05) is 18.2 Å². The average molecular weight is 383 g/mol. The zero-order valence-corrected chi connectivity index (χ0v) is 15.4. The number of aromatic carboxylic acids is 1. The smallest absolute Gasteiger partial charge is 0.337 e. The van der Waals surface area contributed by atoms with Crippen molar-refractivity contribution in [3.63, 3.8) is 0 Å². The first kappa shape index (κ1) is 19.5. The molecule has 0 saturated carbocycles. The number of ether oxygens (including phenoxy) is 1. The van der Waals surface area contributed by atoms with Crippen LogP contribution >= 0.6 is 0 Å². The van der Waals surface area contributed by atoms with Gasteiger partial charge in [-0.3, -0.25) is 4.98 Å². The van der Waals surface area contributed by atoms with Gasteiger partial charge in [-0.05, 0) is 61.4 Å². The van der Waals surface area contributed by atoms with Crippen LogP contribution in [-0.2, 0) is 6.42 Å². The maximum absolute atomic E-state index is 14.7. The van der Waals surface area contributed by atoms with Gasteiger partial charge < -0.3 is 9.84 Å². The van der Waals surface area contributed by atoms with Crippen LogP contribution in [0.5, 0.6) is 5.75 Å². The van der Waals surface area contributed by atoms with E-state index in [0.29, 0.717) is 11.3 Å². The van der Waals surface area contributed by atoms with E-state index >= 15 is 0 Å². The Labute approximate surface area is 161 Å². The number of hydrogen-bond donors (Lipinski definition) is 1. The lowest BCUT2D eigenvalue weighted by atomic mass is 9.99. The minimum absolute atomic E-state index is 0.0214. The monoisotopic (exact) mass is 383 g/mol. The Kier molecular flexibility index (Phi) is 5.68. The molecule has 1 heterocycles. The Morgan fingerprint density at radius 3 is 2.57 bits per heavy atom. The van der Waals surface area contributed by atoms with E-state index in [9.17, 15) is 18.7 Å². The van der Waals surface area contributed by atoms with E-state index in [1.54, 1.807) is 6.07 Å². The van der Waals surface area contributed by atoms with Crippen molar-refractivity contribution in [2.45, 2.75) is 26.4 Å². The molecule has 0 radical (unpaired) electrons. The lowest BCUT2D eigenvalue weighted by molar-refractivity contribution is 0.0695. The Bertz CT molecular complexity index is 1020. The summed E-state index contributed by atoms with van der Waals surface area (Å²) in [6.07, 6.45) is 1.41. The Hall–Kier alpha value is -3.28. The molecule has 1 N–H and O–H groups in total. The number of benzene rings is 2. The second-order valence-corrected chi connectivity index (χ2v) is 6.59. The second-order valence-electron chi connectivity index (χ2n) is 6.59. The van der Waals surface area contributed by atoms with Gasteiger partial charge in [-0.25, -0.2) is 13.6 Å². The summed E-state index contributed by atoms with van der Waals surface area (Å²) in [7, 11) is 0. The molecule has 3 rings (SSSR count). The van der Waals surface area contributed by atoms with E-state index < -0.39 is 17.6 Å². The predicted octanol–water partition coefficient (Wildman–Crippen LogP) is 5.10. The van der Waals surface area contributed by atoms with Gasteiger partial charge in [-0.15, -0.1) is 0 Å². The van der Waals surface area contributed by atoms with Gasteiger partial charge in [-0.1, -0.05) is 12.1 Å². The minimum atomic E-state index is -1.12. The fourth-order valence-electron chi connectivity index (χ4n) is 2.88. The number of carbonyl (C=O) groups is 1. The SMILES string of the molecule is CC(C)Oc1ccc(F)c(-c2ccc(Cc3ncccc3C(=O)O)c(F)c2)c1. The second kappa shape index (κ2) is 8.17. The number of carboxylic acids is 1. The fraction of sp³-hybridized carbons (Fsp3) is 0.182. The molecule has 0 saturated heterocycles. The Morgan fingerprint density at radius 1 is 1.11 bits per heavy atom. The van der Waals surface area contributed by atoms with E-state index in [2.05, 4.69) is 4.98 Å². The molecule has 3 aromatic rings. The largest absolute Gasteiger partial charge is 0.491 e. The van der Waals surface area contributed by atoms with Crippen molar-refractivity contribution in [2.75, 3.05) is 0 Å². The molecule has 4 nitrogen and oxygen atoms in total. The van der Waals surface area contributed by atoms with E-state index in [4.69, 9.17) is 4.74 Å². The molecule has 0 aliphatic carbocycles. The van der Waals surface area contributed by atoms with Crippen LogP contribution < -0.4 is 4.74 Å². The van der Waals surface area contributed by atoms with Crippen molar-refractivity contribution in [3.8, 4) is 16.9 Å². The summed E-state index contributed by atoms with van der Waals surface area (Å²) in [5.41, 5.74) is 1.16. The number of pyridine rings is 1. The molecular weight excluding hydrogens is 364 g/mol. The van der Waals surface area contributed by atoms with Crippen LogP contribution in [0.2, 0.25) is 0 Å². The molecule has 1 aromatic heterocycles. The quantitative estimate of drug-likeness (QED) is 0.643. The summed E-state index contributed by atoms with van der Waals surface area (Å²) < 4.78 is 34.5. The van der Waals surface area contributed by atoms with Crippen molar-refractivity contribution < 1.29 is 23.4 Å². The highest BCUT2D eigenvalue weighted by Crippen LogP contribution is 2.29. The first-order valence-corrected chi connectivity index (χ1v) is 8.77. The highest BCUT2D eigenvalue weighted by molar-refractivity contribution is 5.88. The molecular formula is C22H19F2NO3. The van der Waals surface area contributed by atoms with Crippen LogP contribution in [0.4, 0.5) is 8.78 Å². The van der Waals surface area contributed by atoms with Gasteiger partial charge in [0.1, 0.15) is 17.4 Å². The van der Waals surface area contributed by atoms with Crippen LogP contribution in [0.1, 0.15) is 35.5 Å². The number of halogens is 2. The van der Waals surface area contributed by atoms with Crippen LogP contribution in [0.3, 0.4) is 0 Å². The molecule has 0 spiro atoms. The number of rotatable bonds is 6. The molecule has 2 aromatic carbocycles. The molecule has 0 bridgehead atoms. The third-order valence-electron chi connectivity index (χ3n) is 4.15. The molecule has 0 aliphatic heterocycles. The number of nitrogens with zero attached hydrogens (tertiary/aromatic N) is 1. The van der Waals surface area contributed by atoms with Crippen LogP contribution in [0.25, 0.3) is 11.1 Å². The molecule has 0 fully saturated rings. The molecule has 144 valence electrons. The maximum Gasteiger partial charge on any atom is 0.337 e.